The molecule has 0 saturated carbocycles. The topological polar surface area (TPSA) is 57.6 Å². The molecule has 12 heavy (non-hydrogen) atoms. The van der Waals surface area contributed by atoms with Gasteiger partial charge in [0, 0.05) is 24.9 Å². The van der Waals surface area contributed by atoms with E-state index in [9.17, 15) is 9.59 Å². The van der Waals surface area contributed by atoms with Gasteiger partial charge in [-0.05, 0) is 13.8 Å². The van der Waals surface area contributed by atoms with Crippen LogP contribution in [-0.2, 0) is 4.79 Å². The fraction of sp³-hybridized carbons (Fsp3) is 0.750. The Morgan fingerprint density at radius 3 is 2.17 bits per heavy atom. The molecule has 1 N–H and O–H groups in total. The van der Waals surface area contributed by atoms with Crippen LogP contribution in [0.3, 0.4) is 0 Å². The van der Waals surface area contributed by atoms with Gasteiger partial charge in [-0.2, -0.15) is 0 Å². The maximum Gasteiger partial charge on any atom is 0.407 e. The first-order valence-corrected chi connectivity index (χ1v) is 4.05. The summed E-state index contributed by atoms with van der Waals surface area (Å²) in [4.78, 5) is 23.1. The third-order valence-corrected chi connectivity index (χ3v) is 2.22. The zero-order valence-corrected chi connectivity index (χ0v) is 7.28. The quantitative estimate of drug-likeness (QED) is 0.593. The molecule has 1 aliphatic rings. The molecule has 2 atom stereocenters. The Labute approximate surface area is 71.2 Å². The van der Waals surface area contributed by atoms with Gasteiger partial charge in [-0.3, -0.25) is 4.79 Å². The fourth-order valence-electron chi connectivity index (χ4n) is 1.75. The molecule has 1 saturated heterocycles. The lowest BCUT2D eigenvalue weighted by Gasteiger charge is -2.35. The van der Waals surface area contributed by atoms with Gasteiger partial charge in [0.05, 0.1) is 0 Å². The number of rotatable bonds is 0. The molecule has 1 aliphatic heterocycles. The molecule has 4 nitrogen and oxygen atoms in total. The first-order chi connectivity index (χ1) is 5.52. The Bertz CT molecular complexity index is 200. The molecule has 0 aromatic heterocycles. The lowest BCUT2D eigenvalue weighted by Crippen LogP contribution is -2.49. The third kappa shape index (κ3) is 1.57. The van der Waals surface area contributed by atoms with Crippen molar-refractivity contribution in [3.8, 4) is 0 Å². The minimum atomic E-state index is -0.928. The normalized spacial score (nSPS) is 30.5. The Hall–Kier alpha value is -1.06. The summed E-state index contributed by atoms with van der Waals surface area (Å²) in [6.45, 7) is 3.53. The Morgan fingerprint density at radius 2 is 1.83 bits per heavy atom. The molecule has 1 rings (SSSR count). The highest BCUT2D eigenvalue weighted by atomic mass is 16.4. The maximum absolute atomic E-state index is 11.0. The van der Waals surface area contributed by atoms with E-state index in [0.717, 1.165) is 0 Å². The van der Waals surface area contributed by atoms with E-state index in [1.807, 2.05) is 0 Å². The van der Waals surface area contributed by atoms with E-state index < -0.39 is 6.09 Å². The first kappa shape index (κ1) is 9.03. The molecule has 1 heterocycles. The number of carbonyl (C=O) groups excluding carboxylic acids is 1. The zero-order chi connectivity index (χ0) is 9.30. The van der Waals surface area contributed by atoms with Crippen molar-refractivity contribution in [1.29, 1.82) is 0 Å². The van der Waals surface area contributed by atoms with Gasteiger partial charge in [-0.25, -0.2) is 4.79 Å². The number of nitrogens with zero attached hydrogens (tertiary/aromatic N) is 1. The summed E-state index contributed by atoms with van der Waals surface area (Å²) in [7, 11) is 0. The Kier molecular flexibility index (Phi) is 2.35. The van der Waals surface area contributed by atoms with Gasteiger partial charge >= 0.3 is 6.09 Å². The number of amides is 1. The number of Topliss-reactive ketones (excluding diaryl/α,β-unsaturated/α-hetero) is 1. The van der Waals surface area contributed by atoms with E-state index in [-0.39, 0.29) is 17.9 Å². The molecule has 1 amide bonds. The molecule has 0 aliphatic carbocycles. The predicted molar refractivity (Wildman–Crippen MR) is 43.0 cm³/mol. The first-order valence-electron chi connectivity index (χ1n) is 4.05. The van der Waals surface area contributed by atoms with Crippen molar-refractivity contribution in [2.75, 3.05) is 0 Å². The van der Waals surface area contributed by atoms with Crippen LogP contribution in [-0.4, -0.2) is 34.0 Å². The van der Waals surface area contributed by atoms with Crippen molar-refractivity contribution >= 4 is 11.9 Å². The van der Waals surface area contributed by atoms with Crippen LogP contribution < -0.4 is 0 Å². The predicted octanol–water partition coefficient (Wildman–Crippen LogP) is 1.11. The number of hydrogen-bond donors (Lipinski definition) is 1. The van der Waals surface area contributed by atoms with Gasteiger partial charge in [-0.15, -0.1) is 0 Å². The standard InChI is InChI=1S/C8H13NO3/c1-5-3-7(10)4-6(2)9(5)8(11)12/h5-6H,3-4H2,1-2H3,(H,11,12)/t5-,6-/m0/s1. The van der Waals surface area contributed by atoms with Crippen molar-refractivity contribution in [2.45, 2.75) is 38.8 Å². The number of carboxylic acid groups (broad SMARTS) is 1. The van der Waals surface area contributed by atoms with Crippen LogP contribution in [0.5, 0.6) is 0 Å². The second-order valence-electron chi connectivity index (χ2n) is 3.33. The molecule has 0 radical (unpaired) electrons. The highest BCUT2D eigenvalue weighted by Gasteiger charge is 2.32. The molecule has 0 bridgehead atoms. The van der Waals surface area contributed by atoms with E-state index in [4.69, 9.17) is 5.11 Å². The molecule has 4 heteroatoms. The molecule has 0 unspecified atom stereocenters. The van der Waals surface area contributed by atoms with E-state index in [1.54, 1.807) is 13.8 Å². The van der Waals surface area contributed by atoms with Gasteiger partial charge in [0.2, 0.25) is 0 Å². The van der Waals surface area contributed by atoms with Crippen LogP contribution in [0.25, 0.3) is 0 Å². The molecule has 0 aromatic rings. The molecular formula is C8H13NO3. The maximum atomic E-state index is 11.0. The van der Waals surface area contributed by atoms with Crippen molar-refractivity contribution in [3.63, 3.8) is 0 Å². The van der Waals surface area contributed by atoms with Crippen molar-refractivity contribution in [3.05, 3.63) is 0 Å². The van der Waals surface area contributed by atoms with Crippen molar-refractivity contribution < 1.29 is 14.7 Å². The summed E-state index contributed by atoms with van der Waals surface area (Å²) in [5, 5.41) is 8.78. The minimum absolute atomic E-state index is 0.160. The summed E-state index contributed by atoms with van der Waals surface area (Å²) in [5.74, 6) is 0.160. The molecular weight excluding hydrogens is 158 g/mol. The molecule has 68 valence electrons. The average molecular weight is 171 g/mol. The molecule has 1 fully saturated rings. The van der Waals surface area contributed by atoms with Crippen LogP contribution in [0, 0.1) is 0 Å². The summed E-state index contributed by atoms with van der Waals surface area (Å²) in [5.41, 5.74) is 0. The van der Waals surface area contributed by atoms with Crippen molar-refractivity contribution in [1.82, 2.24) is 4.90 Å². The van der Waals surface area contributed by atoms with E-state index >= 15 is 0 Å². The zero-order valence-electron chi connectivity index (χ0n) is 7.28. The van der Waals surface area contributed by atoms with Crippen molar-refractivity contribution in [2.24, 2.45) is 0 Å². The Balaban J connectivity index is 2.73. The lowest BCUT2D eigenvalue weighted by atomic mass is 9.97. The van der Waals surface area contributed by atoms with Crippen LogP contribution >= 0.6 is 0 Å². The van der Waals surface area contributed by atoms with E-state index in [2.05, 4.69) is 0 Å². The summed E-state index contributed by atoms with van der Waals surface area (Å²) in [6, 6.07) is -0.336. The highest BCUT2D eigenvalue weighted by molar-refractivity contribution is 5.82. The van der Waals surface area contributed by atoms with Gasteiger partial charge in [0.1, 0.15) is 5.78 Å². The lowest BCUT2D eigenvalue weighted by molar-refractivity contribution is -0.123. The Morgan fingerprint density at radius 1 is 1.42 bits per heavy atom. The van der Waals surface area contributed by atoms with Crippen LogP contribution in [0.15, 0.2) is 0 Å². The SMILES string of the molecule is C[C@H]1CC(=O)C[C@H](C)N1C(=O)O. The number of likely N-dealkylation sites (tertiary alicyclic amines) is 1. The molecule has 0 aromatic carbocycles. The average Bonchev–Trinajstić information content (AvgIpc) is 1.82. The number of piperidine rings is 1. The van der Waals surface area contributed by atoms with Crippen LogP contribution in [0.4, 0.5) is 4.79 Å². The monoisotopic (exact) mass is 171 g/mol. The smallest absolute Gasteiger partial charge is 0.407 e. The number of hydrogen-bond acceptors (Lipinski definition) is 2. The largest absolute Gasteiger partial charge is 0.465 e. The van der Waals surface area contributed by atoms with E-state index in [0.29, 0.717) is 12.8 Å². The highest BCUT2D eigenvalue weighted by Crippen LogP contribution is 2.19. The van der Waals surface area contributed by atoms with Gasteiger partial charge in [-0.1, -0.05) is 0 Å². The minimum Gasteiger partial charge on any atom is -0.465 e. The summed E-state index contributed by atoms with van der Waals surface area (Å²) >= 11 is 0. The van der Waals surface area contributed by atoms with Gasteiger partial charge < -0.3 is 10.0 Å². The summed E-state index contributed by atoms with van der Waals surface area (Å²) < 4.78 is 0. The molecule has 0 spiro atoms. The van der Waals surface area contributed by atoms with Gasteiger partial charge in [0.25, 0.3) is 0 Å². The van der Waals surface area contributed by atoms with E-state index in [1.165, 1.54) is 4.90 Å². The van der Waals surface area contributed by atoms with Gasteiger partial charge in [0.15, 0.2) is 0 Å². The van der Waals surface area contributed by atoms with Crippen LogP contribution in [0.1, 0.15) is 26.7 Å². The second kappa shape index (κ2) is 3.13. The third-order valence-electron chi connectivity index (χ3n) is 2.22. The number of ketones is 1. The second-order valence-corrected chi connectivity index (χ2v) is 3.33. The summed E-state index contributed by atoms with van der Waals surface area (Å²) in [6.07, 6.45) is -0.213. The van der Waals surface area contributed by atoms with Crippen LogP contribution in [0.2, 0.25) is 0 Å². The fourth-order valence-corrected chi connectivity index (χ4v) is 1.75. The number of carbonyl (C=O) groups is 2.